The molecule has 0 aliphatic heterocycles. The summed E-state index contributed by atoms with van der Waals surface area (Å²) in [5.74, 6) is -0.375. The molecule has 0 saturated heterocycles. The summed E-state index contributed by atoms with van der Waals surface area (Å²) in [4.78, 5) is 12.5. The lowest BCUT2D eigenvalue weighted by Gasteiger charge is -2.14. The number of aliphatic hydroxyl groups is 1. The number of methoxy groups -OCH3 is 1. The zero-order chi connectivity index (χ0) is 23.9. The van der Waals surface area contributed by atoms with Gasteiger partial charge in [-0.1, -0.05) is 72.3 Å². The fraction of sp³-hybridized carbons (Fsp3) is 0.0833. The van der Waals surface area contributed by atoms with Gasteiger partial charge in [0.1, 0.15) is 6.10 Å². The monoisotopic (exact) mass is 493 g/mol. The van der Waals surface area contributed by atoms with Crippen molar-refractivity contribution in [2.24, 2.45) is 5.10 Å². The van der Waals surface area contributed by atoms with Gasteiger partial charge in [-0.2, -0.15) is 5.10 Å². The van der Waals surface area contributed by atoms with Gasteiger partial charge >= 0.3 is 5.97 Å². The van der Waals surface area contributed by atoms with E-state index < -0.39 is 12.1 Å². The minimum absolute atomic E-state index is 0.0206. The van der Waals surface area contributed by atoms with E-state index in [4.69, 9.17) is 16.3 Å². The smallest absolute Gasteiger partial charge is 0.365 e. The Kier molecular flexibility index (Phi) is 7.58. The highest BCUT2D eigenvalue weighted by molar-refractivity contribution is 8.15. The molecule has 0 saturated carbocycles. The molecule has 172 valence electrons. The van der Waals surface area contributed by atoms with Crippen molar-refractivity contribution in [3.05, 3.63) is 101 Å². The molecule has 0 fully saturated rings. The van der Waals surface area contributed by atoms with Crippen LogP contribution in [-0.2, 0) is 9.53 Å². The van der Waals surface area contributed by atoms with Crippen LogP contribution in [0.3, 0.4) is 0 Å². The molecule has 4 aromatic rings. The quantitative estimate of drug-likeness (QED) is 0.132. The number of nitrogens with zero attached hydrogens (tertiary/aromatic N) is 4. The third-order valence-corrected chi connectivity index (χ3v) is 5.96. The van der Waals surface area contributed by atoms with Gasteiger partial charge in [0.15, 0.2) is 5.82 Å². The van der Waals surface area contributed by atoms with E-state index in [1.807, 2.05) is 48.5 Å². The Labute approximate surface area is 205 Å². The molecular formula is C24H20ClN5O3S. The van der Waals surface area contributed by atoms with Crippen LogP contribution in [0.25, 0.3) is 5.69 Å². The number of carbonyl (C=O) groups excluding carboxylic acids is 1. The number of thioether (sulfide) groups is 1. The number of aromatic nitrogens is 3. The Hall–Kier alpha value is -3.66. The molecule has 2 N–H and O–H groups in total. The van der Waals surface area contributed by atoms with Gasteiger partial charge in [0.05, 0.1) is 17.8 Å². The molecule has 0 aliphatic rings. The number of nitrogens with one attached hydrogen (secondary N) is 1. The summed E-state index contributed by atoms with van der Waals surface area (Å²) in [6, 6.07) is 25.4. The summed E-state index contributed by atoms with van der Waals surface area (Å²) >= 11 is 7.12. The van der Waals surface area contributed by atoms with Crippen LogP contribution in [0.15, 0.2) is 95.2 Å². The Morgan fingerprint density at radius 1 is 1.03 bits per heavy atom. The van der Waals surface area contributed by atoms with Crippen LogP contribution in [0, 0.1) is 0 Å². The summed E-state index contributed by atoms with van der Waals surface area (Å²) in [5.41, 5.74) is 4.68. The second-order valence-electron chi connectivity index (χ2n) is 6.93. The fourth-order valence-corrected chi connectivity index (χ4v) is 4.06. The lowest BCUT2D eigenvalue weighted by molar-refractivity contribution is -0.132. The van der Waals surface area contributed by atoms with E-state index in [9.17, 15) is 9.90 Å². The lowest BCUT2D eigenvalue weighted by atomic mass is 10.1. The zero-order valence-electron chi connectivity index (χ0n) is 18.0. The molecule has 0 aliphatic carbocycles. The highest BCUT2D eigenvalue weighted by Crippen LogP contribution is 2.29. The summed E-state index contributed by atoms with van der Waals surface area (Å²) in [6.07, 6.45) is -1.04. The zero-order valence-corrected chi connectivity index (χ0v) is 19.6. The number of ether oxygens (including phenoxy) is 1. The molecule has 1 heterocycles. The number of benzene rings is 3. The van der Waals surface area contributed by atoms with E-state index >= 15 is 0 Å². The molecule has 3 aromatic carbocycles. The predicted molar refractivity (Wildman–Crippen MR) is 132 cm³/mol. The number of halogens is 1. The summed E-state index contributed by atoms with van der Waals surface area (Å²) in [5, 5.41) is 24.5. The molecule has 4 rings (SSSR count). The molecule has 0 radical (unpaired) electrons. The fourth-order valence-electron chi connectivity index (χ4n) is 3.08. The van der Waals surface area contributed by atoms with Crippen molar-refractivity contribution in [1.29, 1.82) is 0 Å². The average molecular weight is 494 g/mol. The third kappa shape index (κ3) is 5.28. The number of aliphatic hydroxyl groups excluding tert-OH is 1. The van der Waals surface area contributed by atoms with E-state index in [2.05, 4.69) is 20.7 Å². The van der Waals surface area contributed by atoms with Gasteiger partial charge in [-0.3, -0.25) is 9.99 Å². The molecule has 8 nitrogen and oxygen atoms in total. The highest BCUT2D eigenvalue weighted by atomic mass is 35.5. The topological polar surface area (TPSA) is 102 Å². The molecule has 0 bridgehead atoms. The predicted octanol–water partition coefficient (Wildman–Crippen LogP) is 4.69. The maximum Gasteiger partial charge on any atom is 0.365 e. The van der Waals surface area contributed by atoms with Crippen LogP contribution in [-0.4, -0.2) is 38.0 Å². The second-order valence-corrected chi connectivity index (χ2v) is 8.29. The van der Waals surface area contributed by atoms with Gasteiger partial charge < -0.3 is 9.84 Å². The average Bonchev–Trinajstić information content (AvgIpc) is 3.31. The second kappa shape index (κ2) is 11.0. The van der Waals surface area contributed by atoms with Crippen molar-refractivity contribution in [1.82, 2.24) is 14.8 Å². The normalized spacial score (nSPS) is 12.3. The van der Waals surface area contributed by atoms with Crippen LogP contribution < -0.4 is 5.43 Å². The Balaban J connectivity index is 1.73. The first-order chi connectivity index (χ1) is 16.6. The maximum atomic E-state index is 12.5. The molecule has 0 spiro atoms. The number of hydrogen-bond donors (Lipinski definition) is 2. The first kappa shape index (κ1) is 23.5. The number of anilines is 1. The van der Waals surface area contributed by atoms with Crippen molar-refractivity contribution in [2.45, 2.75) is 11.3 Å². The van der Waals surface area contributed by atoms with E-state index in [-0.39, 0.29) is 5.04 Å². The van der Waals surface area contributed by atoms with E-state index in [1.165, 1.54) is 7.11 Å². The Morgan fingerprint density at radius 3 is 2.35 bits per heavy atom. The molecule has 1 aromatic heterocycles. The number of hydrazone groups is 1. The van der Waals surface area contributed by atoms with Crippen molar-refractivity contribution < 1.29 is 14.6 Å². The molecule has 0 unspecified atom stereocenters. The summed E-state index contributed by atoms with van der Waals surface area (Å²) < 4.78 is 6.58. The van der Waals surface area contributed by atoms with Gasteiger partial charge in [-0.25, -0.2) is 4.79 Å². The van der Waals surface area contributed by atoms with Crippen molar-refractivity contribution in [3.8, 4) is 5.69 Å². The van der Waals surface area contributed by atoms with Crippen LogP contribution in [0.2, 0.25) is 5.02 Å². The number of hydrogen-bond acceptors (Lipinski definition) is 8. The molecule has 34 heavy (non-hydrogen) atoms. The molecule has 0 amide bonds. The maximum absolute atomic E-state index is 12.5. The highest BCUT2D eigenvalue weighted by Gasteiger charge is 2.25. The van der Waals surface area contributed by atoms with Gasteiger partial charge in [0.2, 0.25) is 10.2 Å². The van der Waals surface area contributed by atoms with E-state index in [1.54, 1.807) is 41.0 Å². The van der Waals surface area contributed by atoms with Crippen molar-refractivity contribution in [3.63, 3.8) is 0 Å². The number of para-hydroxylation sites is 2. The Morgan fingerprint density at radius 2 is 1.68 bits per heavy atom. The van der Waals surface area contributed by atoms with Gasteiger partial charge in [0.25, 0.3) is 0 Å². The molecule has 1 atom stereocenters. The lowest BCUT2D eigenvalue weighted by Crippen LogP contribution is -2.16. The minimum atomic E-state index is -1.04. The van der Waals surface area contributed by atoms with Crippen LogP contribution in [0.1, 0.15) is 17.5 Å². The van der Waals surface area contributed by atoms with Crippen molar-refractivity contribution in [2.75, 3.05) is 12.5 Å². The number of rotatable bonds is 6. The first-order valence-electron chi connectivity index (χ1n) is 10.2. The van der Waals surface area contributed by atoms with Crippen LogP contribution >= 0.6 is 23.4 Å². The summed E-state index contributed by atoms with van der Waals surface area (Å²) in [7, 11) is 1.26. The van der Waals surface area contributed by atoms with Crippen LogP contribution in [0.5, 0.6) is 0 Å². The van der Waals surface area contributed by atoms with Crippen LogP contribution in [0.4, 0.5) is 5.69 Å². The number of esters is 1. The molecular weight excluding hydrogens is 474 g/mol. The van der Waals surface area contributed by atoms with Gasteiger partial charge in [-0.15, -0.1) is 10.2 Å². The molecule has 10 heteroatoms. The summed E-state index contributed by atoms with van der Waals surface area (Å²) in [6.45, 7) is 0. The largest absolute Gasteiger partial charge is 0.464 e. The Bertz CT molecular complexity index is 1300. The van der Waals surface area contributed by atoms with Crippen molar-refractivity contribution >= 4 is 40.1 Å². The number of carbonyl (C=O) groups is 1. The van der Waals surface area contributed by atoms with E-state index in [0.717, 1.165) is 11.8 Å². The van der Waals surface area contributed by atoms with E-state index in [0.29, 0.717) is 32.9 Å². The SMILES string of the molecule is COC(=O)/C(=N\Nc1ccccc1Cl)Sc1nnc([C@H](O)c2ccccc2)n1-c1ccccc1. The minimum Gasteiger partial charge on any atom is -0.464 e. The van der Waals surface area contributed by atoms with Gasteiger partial charge in [0, 0.05) is 5.69 Å². The standard InChI is InChI=1S/C24H20ClN5O3S/c1-33-23(32)22(28-26-19-15-9-8-14-18(19)25)34-24-29-27-21(20(31)16-10-4-2-5-11-16)30(24)17-12-6-3-7-13-17/h2-15,20,26,31H,1H3/b28-22+/t20-/m1/s1. The first-order valence-corrected chi connectivity index (χ1v) is 11.4. The third-order valence-electron chi connectivity index (χ3n) is 4.73. The van der Waals surface area contributed by atoms with Gasteiger partial charge in [-0.05, 0) is 41.6 Å².